The van der Waals surface area contributed by atoms with Gasteiger partial charge in [0.05, 0.1) is 5.56 Å². The number of carboxylic acid groups (broad SMARTS) is 1. The number of nitrogens with zero attached hydrogens (tertiary/aromatic N) is 1. The Bertz CT molecular complexity index is 930. The number of aromatic carboxylic acids is 1. The number of benzene rings is 2. The van der Waals surface area contributed by atoms with Crippen LogP contribution in [0.1, 0.15) is 74.5 Å². The van der Waals surface area contributed by atoms with Crippen LogP contribution in [0.2, 0.25) is 0 Å². The smallest absolute Gasteiger partial charge is 0.338 e. The quantitative estimate of drug-likeness (QED) is 0.670. The van der Waals surface area contributed by atoms with Gasteiger partial charge in [-0.2, -0.15) is 0 Å². The fourth-order valence-corrected chi connectivity index (χ4v) is 4.34. The number of aryl methyl sites for hydroxylation is 1. The highest BCUT2D eigenvalue weighted by molar-refractivity contribution is 5.88. The molecular formula is C24H30FNO2. The molecule has 0 unspecified atom stereocenters. The average Bonchev–Trinajstić information content (AvgIpc) is 2.60. The highest BCUT2D eigenvalue weighted by atomic mass is 19.1. The second-order valence-electron chi connectivity index (χ2n) is 9.17. The molecule has 0 spiro atoms. The number of halogens is 1. The molecule has 1 aliphatic rings. The first-order valence-corrected chi connectivity index (χ1v) is 9.94. The highest BCUT2D eigenvalue weighted by Crippen LogP contribution is 2.48. The number of hydrogen-bond donors (Lipinski definition) is 1. The maximum Gasteiger partial charge on any atom is 0.338 e. The summed E-state index contributed by atoms with van der Waals surface area (Å²) in [7, 11) is 0. The summed E-state index contributed by atoms with van der Waals surface area (Å²) in [6.45, 7) is 14.0. The summed E-state index contributed by atoms with van der Waals surface area (Å²) >= 11 is 0. The van der Waals surface area contributed by atoms with Gasteiger partial charge in [-0.15, -0.1) is 0 Å². The van der Waals surface area contributed by atoms with Gasteiger partial charge >= 0.3 is 5.97 Å². The van der Waals surface area contributed by atoms with E-state index in [1.807, 2.05) is 6.92 Å². The minimum atomic E-state index is -1.25. The summed E-state index contributed by atoms with van der Waals surface area (Å²) < 4.78 is 14.3. The van der Waals surface area contributed by atoms with Gasteiger partial charge in [0, 0.05) is 17.9 Å². The van der Waals surface area contributed by atoms with E-state index in [1.165, 1.54) is 23.3 Å². The molecule has 0 fully saturated rings. The van der Waals surface area contributed by atoms with Crippen LogP contribution in [0, 0.1) is 12.7 Å². The highest BCUT2D eigenvalue weighted by Gasteiger charge is 2.37. The minimum absolute atomic E-state index is 0.0884. The Hall–Kier alpha value is -2.36. The van der Waals surface area contributed by atoms with Gasteiger partial charge in [-0.3, -0.25) is 0 Å². The third kappa shape index (κ3) is 3.41. The number of rotatable bonds is 4. The van der Waals surface area contributed by atoms with Crippen LogP contribution in [0.5, 0.6) is 0 Å². The van der Waals surface area contributed by atoms with Gasteiger partial charge < -0.3 is 10.0 Å². The molecule has 0 saturated carbocycles. The molecule has 4 heteroatoms. The third-order valence-corrected chi connectivity index (χ3v) is 6.27. The summed E-state index contributed by atoms with van der Waals surface area (Å²) in [6, 6.07) is 8.90. The van der Waals surface area contributed by atoms with Gasteiger partial charge in [0.25, 0.3) is 0 Å². The van der Waals surface area contributed by atoms with Crippen molar-refractivity contribution in [3.8, 4) is 0 Å². The van der Waals surface area contributed by atoms with Gasteiger partial charge in [-0.25, -0.2) is 9.18 Å². The van der Waals surface area contributed by atoms with Crippen LogP contribution in [0.25, 0.3) is 0 Å². The summed E-state index contributed by atoms with van der Waals surface area (Å²) in [4.78, 5) is 13.2. The van der Waals surface area contributed by atoms with Crippen molar-refractivity contribution >= 4 is 17.3 Å². The predicted octanol–water partition coefficient (Wildman–Crippen LogP) is 6.34. The number of carboxylic acids is 1. The van der Waals surface area contributed by atoms with E-state index in [0.29, 0.717) is 12.2 Å². The van der Waals surface area contributed by atoms with Crippen LogP contribution in [-0.4, -0.2) is 17.6 Å². The van der Waals surface area contributed by atoms with Gasteiger partial charge in [-0.1, -0.05) is 33.8 Å². The van der Waals surface area contributed by atoms with Crippen molar-refractivity contribution in [3.05, 3.63) is 58.4 Å². The van der Waals surface area contributed by atoms with Gasteiger partial charge in [0.1, 0.15) is 5.82 Å². The van der Waals surface area contributed by atoms with Gasteiger partial charge in [0.15, 0.2) is 0 Å². The maximum absolute atomic E-state index is 14.3. The lowest BCUT2D eigenvalue weighted by Gasteiger charge is -2.43. The fourth-order valence-electron chi connectivity index (χ4n) is 4.34. The van der Waals surface area contributed by atoms with Gasteiger partial charge in [0.2, 0.25) is 0 Å². The van der Waals surface area contributed by atoms with E-state index in [2.05, 4.69) is 51.7 Å². The molecule has 0 aromatic heterocycles. The molecule has 1 N–H and O–H groups in total. The molecular weight excluding hydrogens is 353 g/mol. The maximum atomic E-state index is 14.3. The second-order valence-corrected chi connectivity index (χ2v) is 9.17. The zero-order chi connectivity index (χ0) is 20.9. The summed E-state index contributed by atoms with van der Waals surface area (Å²) in [5, 5.41) is 9.10. The van der Waals surface area contributed by atoms with Crippen LogP contribution in [0.3, 0.4) is 0 Å². The number of anilines is 2. The standard InChI is InChI=1S/C24H30FNO2/c1-7-26(16-8-9-17(22(27)28)20(25)13-16)21-14-19-18(12-15(21)2)23(3,4)10-11-24(19,5)6/h8-9,12-14H,7,10-11H2,1-6H3,(H,27,28). The van der Waals surface area contributed by atoms with Crippen molar-refractivity contribution < 1.29 is 14.3 Å². The fraction of sp³-hybridized carbons (Fsp3) is 0.458. The Kier molecular flexibility index (Phi) is 5.03. The Morgan fingerprint density at radius 2 is 1.64 bits per heavy atom. The molecule has 0 heterocycles. The lowest BCUT2D eigenvalue weighted by atomic mass is 9.63. The largest absolute Gasteiger partial charge is 0.478 e. The SMILES string of the molecule is CCN(c1ccc(C(=O)O)c(F)c1)c1cc2c(cc1C)C(C)(C)CCC2(C)C. The number of fused-ring (bicyclic) bond motifs is 1. The van der Waals surface area contributed by atoms with Crippen LogP contribution in [-0.2, 0) is 10.8 Å². The third-order valence-electron chi connectivity index (χ3n) is 6.27. The molecule has 1 aliphatic carbocycles. The molecule has 150 valence electrons. The second kappa shape index (κ2) is 6.91. The van der Waals surface area contributed by atoms with E-state index in [-0.39, 0.29) is 16.4 Å². The Balaban J connectivity index is 2.14. The molecule has 0 bridgehead atoms. The number of carbonyl (C=O) groups is 1. The Morgan fingerprint density at radius 1 is 1.07 bits per heavy atom. The molecule has 0 amide bonds. The predicted molar refractivity (Wildman–Crippen MR) is 113 cm³/mol. The minimum Gasteiger partial charge on any atom is -0.478 e. The van der Waals surface area contributed by atoms with Crippen molar-refractivity contribution in [3.63, 3.8) is 0 Å². The first-order valence-electron chi connectivity index (χ1n) is 9.94. The molecule has 0 atom stereocenters. The molecule has 3 rings (SSSR count). The molecule has 0 saturated heterocycles. The van der Waals surface area contributed by atoms with Crippen LogP contribution in [0.15, 0.2) is 30.3 Å². The number of hydrogen-bond acceptors (Lipinski definition) is 2. The Morgan fingerprint density at radius 3 is 2.14 bits per heavy atom. The van der Waals surface area contributed by atoms with Crippen molar-refractivity contribution in [2.45, 2.75) is 65.2 Å². The van der Waals surface area contributed by atoms with Crippen LogP contribution >= 0.6 is 0 Å². The van der Waals surface area contributed by atoms with Crippen LogP contribution in [0.4, 0.5) is 15.8 Å². The summed E-state index contributed by atoms with van der Waals surface area (Å²) in [5.74, 6) is -1.96. The topological polar surface area (TPSA) is 40.5 Å². The molecule has 0 radical (unpaired) electrons. The van der Waals surface area contributed by atoms with Crippen molar-refractivity contribution in [1.82, 2.24) is 0 Å². The summed E-state index contributed by atoms with van der Waals surface area (Å²) in [6.07, 6.45) is 2.29. The first kappa shape index (κ1) is 20.4. The molecule has 3 nitrogen and oxygen atoms in total. The summed E-state index contributed by atoms with van der Waals surface area (Å²) in [5.41, 5.74) is 5.54. The normalized spacial score (nSPS) is 17.1. The van der Waals surface area contributed by atoms with Crippen molar-refractivity contribution in [1.29, 1.82) is 0 Å². The lowest BCUT2D eigenvalue weighted by molar-refractivity contribution is 0.0692. The molecule has 2 aromatic rings. The van der Waals surface area contributed by atoms with Crippen LogP contribution < -0.4 is 4.90 Å². The molecule has 0 aliphatic heterocycles. The van der Waals surface area contributed by atoms with Crippen molar-refractivity contribution in [2.24, 2.45) is 0 Å². The van der Waals surface area contributed by atoms with Gasteiger partial charge in [-0.05, 0) is 78.5 Å². The van der Waals surface area contributed by atoms with Crippen molar-refractivity contribution in [2.75, 3.05) is 11.4 Å². The zero-order valence-electron chi connectivity index (χ0n) is 17.7. The average molecular weight is 384 g/mol. The van der Waals surface area contributed by atoms with E-state index in [0.717, 1.165) is 24.1 Å². The van der Waals surface area contributed by atoms with E-state index in [9.17, 15) is 9.18 Å². The Labute approximate surface area is 167 Å². The van der Waals surface area contributed by atoms with E-state index in [4.69, 9.17) is 5.11 Å². The monoisotopic (exact) mass is 383 g/mol. The van der Waals surface area contributed by atoms with E-state index >= 15 is 0 Å². The molecule has 2 aromatic carbocycles. The lowest BCUT2D eigenvalue weighted by Crippen LogP contribution is -2.34. The molecule has 28 heavy (non-hydrogen) atoms. The first-order chi connectivity index (χ1) is 13.0. The zero-order valence-corrected chi connectivity index (χ0v) is 17.7. The van der Waals surface area contributed by atoms with E-state index in [1.54, 1.807) is 6.07 Å². The van der Waals surface area contributed by atoms with E-state index < -0.39 is 11.8 Å².